The zero-order chi connectivity index (χ0) is 21.3. The van der Waals surface area contributed by atoms with Crippen LogP contribution in [0.5, 0.6) is 0 Å². The number of methoxy groups -OCH3 is 1. The average Bonchev–Trinajstić information content (AvgIpc) is 3.16. The van der Waals surface area contributed by atoms with E-state index in [-0.39, 0.29) is 16.4 Å². The highest BCUT2D eigenvalue weighted by atomic mass is 32.2. The van der Waals surface area contributed by atoms with Crippen LogP contribution >= 0.6 is 0 Å². The molecule has 0 unspecified atom stereocenters. The van der Waals surface area contributed by atoms with Gasteiger partial charge in [0.25, 0.3) is 10.0 Å². The molecule has 4 rings (SSSR count). The molecule has 152 valence electrons. The van der Waals surface area contributed by atoms with Crippen molar-refractivity contribution in [3.8, 4) is 11.3 Å². The zero-order valence-corrected chi connectivity index (χ0v) is 17.1. The number of sulfonamides is 1. The Hall–Kier alpha value is -3.72. The van der Waals surface area contributed by atoms with Gasteiger partial charge in [-0.25, -0.2) is 18.2 Å². The number of esters is 1. The number of fused-ring (bicyclic) bond motifs is 1. The summed E-state index contributed by atoms with van der Waals surface area (Å²) in [5.74, 6) is -0.643. The Balaban J connectivity index is 1.80. The molecule has 30 heavy (non-hydrogen) atoms. The van der Waals surface area contributed by atoms with E-state index >= 15 is 0 Å². The molecule has 4 aromatic rings. The van der Waals surface area contributed by atoms with Crippen molar-refractivity contribution in [1.82, 2.24) is 14.8 Å². The van der Waals surface area contributed by atoms with Crippen LogP contribution in [0.15, 0.2) is 71.8 Å². The van der Waals surface area contributed by atoms with Gasteiger partial charge in [0.15, 0.2) is 5.69 Å². The molecule has 1 N–H and O–H groups in total. The van der Waals surface area contributed by atoms with Gasteiger partial charge in [-0.1, -0.05) is 54.6 Å². The molecule has 2 heterocycles. The van der Waals surface area contributed by atoms with Gasteiger partial charge in [-0.3, -0.25) is 9.40 Å². The lowest BCUT2D eigenvalue weighted by Crippen LogP contribution is -2.16. The summed E-state index contributed by atoms with van der Waals surface area (Å²) in [5.41, 5.74) is 1.02. The van der Waals surface area contributed by atoms with Gasteiger partial charge in [-0.05, 0) is 11.5 Å². The summed E-state index contributed by atoms with van der Waals surface area (Å²) in [7, 11) is -1.14. The van der Waals surface area contributed by atoms with Crippen molar-refractivity contribution in [2.24, 2.45) is 7.05 Å². The number of pyridine rings is 1. The number of ether oxygens (including phenoxy) is 1. The molecule has 0 saturated carbocycles. The van der Waals surface area contributed by atoms with Crippen LogP contribution in [0.3, 0.4) is 0 Å². The van der Waals surface area contributed by atoms with Crippen LogP contribution in [0.25, 0.3) is 22.0 Å². The summed E-state index contributed by atoms with van der Waals surface area (Å²) in [6.07, 6.45) is 1.42. The van der Waals surface area contributed by atoms with Crippen molar-refractivity contribution in [2.45, 2.75) is 4.90 Å². The van der Waals surface area contributed by atoms with E-state index in [9.17, 15) is 13.2 Å². The van der Waals surface area contributed by atoms with Crippen LogP contribution in [0.2, 0.25) is 0 Å². The third-order valence-electron chi connectivity index (χ3n) is 4.49. The molecule has 0 spiro atoms. The minimum absolute atomic E-state index is 0.00535. The topological polar surface area (TPSA) is 103 Å². The van der Waals surface area contributed by atoms with E-state index < -0.39 is 16.0 Å². The molecule has 0 bridgehead atoms. The number of rotatable bonds is 5. The SMILES string of the molecule is COC(=O)c1nc(NS(=O)(=O)c2cn(C)nc2-c2ccccc2)cc2ccccc12. The third kappa shape index (κ3) is 3.62. The van der Waals surface area contributed by atoms with Crippen LogP contribution in [-0.2, 0) is 21.8 Å². The second-order valence-electron chi connectivity index (χ2n) is 6.56. The number of hydrogen-bond donors (Lipinski definition) is 1. The Morgan fingerprint density at radius 2 is 1.77 bits per heavy atom. The first-order chi connectivity index (χ1) is 14.4. The molecule has 2 aromatic carbocycles. The van der Waals surface area contributed by atoms with E-state index in [0.29, 0.717) is 22.0 Å². The van der Waals surface area contributed by atoms with Gasteiger partial charge in [0.05, 0.1) is 7.11 Å². The number of carbonyl (C=O) groups is 1. The second-order valence-corrected chi connectivity index (χ2v) is 8.21. The van der Waals surface area contributed by atoms with Crippen molar-refractivity contribution in [3.63, 3.8) is 0 Å². The summed E-state index contributed by atoms with van der Waals surface area (Å²) < 4.78 is 35.1. The van der Waals surface area contributed by atoms with Gasteiger partial charge in [0.1, 0.15) is 16.4 Å². The maximum atomic E-state index is 13.2. The molecule has 0 aliphatic rings. The van der Waals surface area contributed by atoms with Crippen LogP contribution in [0.4, 0.5) is 5.82 Å². The first kappa shape index (κ1) is 19.6. The van der Waals surface area contributed by atoms with Crippen LogP contribution < -0.4 is 4.72 Å². The molecule has 0 saturated heterocycles. The predicted octanol–water partition coefficient (Wildman–Crippen LogP) is 3.22. The number of nitrogens with zero attached hydrogens (tertiary/aromatic N) is 3. The lowest BCUT2D eigenvalue weighted by molar-refractivity contribution is 0.0596. The summed E-state index contributed by atoms with van der Waals surface area (Å²) in [5, 5.41) is 5.52. The molecule has 8 nitrogen and oxygen atoms in total. The molecule has 0 radical (unpaired) electrons. The predicted molar refractivity (Wildman–Crippen MR) is 113 cm³/mol. The van der Waals surface area contributed by atoms with Gasteiger partial charge in [0.2, 0.25) is 0 Å². The maximum absolute atomic E-state index is 13.2. The van der Waals surface area contributed by atoms with Crippen LogP contribution in [0, 0.1) is 0 Å². The molecular weight excluding hydrogens is 404 g/mol. The molecule has 9 heteroatoms. The number of nitrogens with one attached hydrogen (secondary N) is 1. The van der Waals surface area contributed by atoms with E-state index in [1.54, 1.807) is 61.6 Å². The lowest BCUT2D eigenvalue weighted by Gasteiger charge is -2.11. The van der Waals surface area contributed by atoms with E-state index in [4.69, 9.17) is 4.74 Å². The summed E-state index contributed by atoms with van der Waals surface area (Å²) in [4.78, 5) is 16.4. The number of aryl methyl sites for hydroxylation is 1. The fourth-order valence-corrected chi connectivity index (χ4v) is 4.35. The number of hydrogen-bond acceptors (Lipinski definition) is 6. The van der Waals surface area contributed by atoms with Crippen LogP contribution in [0.1, 0.15) is 10.5 Å². The number of anilines is 1. The van der Waals surface area contributed by atoms with Crippen molar-refractivity contribution in [2.75, 3.05) is 11.8 Å². The number of benzene rings is 2. The first-order valence-electron chi connectivity index (χ1n) is 8.99. The van der Waals surface area contributed by atoms with Crippen molar-refractivity contribution < 1.29 is 17.9 Å². The molecule has 0 amide bonds. The normalized spacial score (nSPS) is 11.4. The van der Waals surface area contributed by atoms with E-state index in [0.717, 1.165) is 0 Å². The van der Waals surface area contributed by atoms with Gasteiger partial charge in [-0.15, -0.1) is 0 Å². The highest BCUT2D eigenvalue weighted by Gasteiger charge is 2.25. The van der Waals surface area contributed by atoms with Gasteiger partial charge in [0, 0.05) is 24.2 Å². The Kier molecular flexibility index (Phi) is 4.96. The minimum Gasteiger partial charge on any atom is -0.464 e. The average molecular weight is 422 g/mol. The molecule has 0 atom stereocenters. The smallest absolute Gasteiger partial charge is 0.357 e. The highest BCUT2D eigenvalue weighted by Crippen LogP contribution is 2.28. The summed E-state index contributed by atoms with van der Waals surface area (Å²) in [6, 6.07) is 17.6. The molecular formula is C21H18N4O4S. The van der Waals surface area contributed by atoms with Crippen molar-refractivity contribution >= 4 is 32.6 Å². The molecule has 2 aromatic heterocycles. The fourth-order valence-electron chi connectivity index (χ4n) is 3.16. The molecule has 0 fully saturated rings. The summed E-state index contributed by atoms with van der Waals surface area (Å²) >= 11 is 0. The fraction of sp³-hybridized carbons (Fsp3) is 0.0952. The lowest BCUT2D eigenvalue weighted by atomic mass is 10.1. The van der Waals surface area contributed by atoms with Gasteiger partial charge >= 0.3 is 5.97 Å². The number of carbonyl (C=O) groups excluding carboxylic acids is 1. The van der Waals surface area contributed by atoms with Gasteiger partial charge < -0.3 is 4.74 Å². The Morgan fingerprint density at radius 1 is 1.07 bits per heavy atom. The van der Waals surface area contributed by atoms with E-state index in [2.05, 4.69) is 14.8 Å². The van der Waals surface area contributed by atoms with Crippen molar-refractivity contribution in [3.05, 3.63) is 72.6 Å². The zero-order valence-electron chi connectivity index (χ0n) is 16.2. The van der Waals surface area contributed by atoms with E-state index in [1.807, 2.05) is 6.07 Å². The Bertz CT molecular complexity index is 1350. The van der Waals surface area contributed by atoms with Crippen LogP contribution in [-0.4, -0.2) is 36.3 Å². The van der Waals surface area contributed by atoms with E-state index in [1.165, 1.54) is 18.0 Å². The maximum Gasteiger partial charge on any atom is 0.357 e. The largest absolute Gasteiger partial charge is 0.464 e. The molecule has 0 aliphatic carbocycles. The van der Waals surface area contributed by atoms with Crippen molar-refractivity contribution in [1.29, 1.82) is 0 Å². The molecule has 0 aliphatic heterocycles. The number of aromatic nitrogens is 3. The summed E-state index contributed by atoms with van der Waals surface area (Å²) in [6.45, 7) is 0. The first-order valence-corrected chi connectivity index (χ1v) is 10.5. The third-order valence-corrected chi connectivity index (χ3v) is 5.85. The highest BCUT2D eigenvalue weighted by molar-refractivity contribution is 7.92. The van der Waals surface area contributed by atoms with Gasteiger partial charge in [-0.2, -0.15) is 5.10 Å². The Morgan fingerprint density at radius 3 is 2.50 bits per heavy atom. The minimum atomic E-state index is -4.04. The quantitative estimate of drug-likeness (QED) is 0.495. The standard InChI is InChI=1S/C21H18N4O4S/c1-25-13-17(19(23-25)14-8-4-3-5-9-14)30(27,28)24-18-12-15-10-6-7-11-16(15)20(22-18)21(26)29-2/h3-13H,1-2H3,(H,22,24). The second kappa shape index (κ2) is 7.60. The Labute approximate surface area is 173 Å². The monoisotopic (exact) mass is 422 g/mol.